The Morgan fingerprint density at radius 1 is 1.19 bits per heavy atom. The summed E-state index contributed by atoms with van der Waals surface area (Å²) < 4.78 is 10.9. The summed E-state index contributed by atoms with van der Waals surface area (Å²) in [6.07, 6.45) is 10.2. The number of ether oxygens (including phenoxy) is 2. The lowest BCUT2D eigenvalue weighted by molar-refractivity contribution is -0.129. The maximum Gasteiger partial charge on any atom is 0.240 e. The van der Waals surface area contributed by atoms with Gasteiger partial charge in [-0.15, -0.1) is 0 Å². The number of carbonyl (C=O) groups is 1. The van der Waals surface area contributed by atoms with E-state index in [1.807, 2.05) is 25.1 Å². The van der Waals surface area contributed by atoms with Gasteiger partial charge in [-0.3, -0.25) is 4.79 Å². The molecule has 27 heavy (non-hydrogen) atoms. The van der Waals surface area contributed by atoms with Crippen molar-refractivity contribution in [3.05, 3.63) is 23.8 Å². The van der Waals surface area contributed by atoms with E-state index >= 15 is 0 Å². The summed E-state index contributed by atoms with van der Waals surface area (Å²) in [5.74, 6) is 4.02. The molecule has 146 valence electrons. The first kappa shape index (κ1) is 18.3. The number of carbonyl (C=O) groups excluding carboxylic acids is 1. The Morgan fingerprint density at radius 3 is 2.44 bits per heavy atom. The minimum Gasteiger partial charge on any atom is -0.493 e. The minimum atomic E-state index is 0.0473. The summed E-state index contributed by atoms with van der Waals surface area (Å²) in [5, 5.41) is 4.17. The first-order valence-electron chi connectivity index (χ1n) is 10.2. The fourth-order valence-corrected chi connectivity index (χ4v) is 6.10. The highest BCUT2D eigenvalue weighted by atomic mass is 16.5. The lowest BCUT2D eigenvalue weighted by Gasteiger charge is -2.56. The number of benzene rings is 1. The molecule has 4 bridgehead atoms. The summed E-state index contributed by atoms with van der Waals surface area (Å²) in [5.41, 5.74) is 3.85. The van der Waals surface area contributed by atoms with Gasteiger partial charge in [0, 0.05) is 6.42 Å². The minimum absolute atomic E-state index is 0.0473. The molecule has 4 aliphatic rings. The molecule has 5 rings (SSSR count). The lowest BCUT2D eigenvalue weighted by Crippen LogP contribution is -2.47. The molecule has 1 aromatic rings. The van der Waals surface area contributed by atoms with Crippen molar-refractivity contribution in [2.45, 2.75) is 51.9 Å². The first-order valence-corrected chi connectivity index (χ1v) is 10.2. The van der Waals surface area contributed by atoms with E-state index in [0.29, 0.717) is 24.5 Å². The zero-order valence-corrected chi connectivity index (χ0v) is 16.4. The fraction of sp³-hybridized carbons (Fsp3) is 0.636. The summed E-state index contributed by atoms with van der Waals surface area (Å²) in [6, 6.07) is 5.63. The van der Waals surface area contributed by atoms with Crippen LogP contribution in [-0.2, 0) is 4.79 Å². The number of hydrogen-bond acceptors (Lipinski definition) is 4. The van der Waals surface area contributed by atoms with Crippen molar-refractivity contribution in [3.63, 3.8) is 0 Å². The van der Waals surface area contributed by atoms with Gasteiger partial charge in [-0.25, -0.2) is 5.43 Å². The van der Waals surface area contributed by atoms with Gasteiger partial charge in [0.25, 0.3) is 0 Å². The van der Waals surface area contributed by atoms with Crippen molar-refractivity contribution < 1.29 is 14.3 Å². The normalized spacial score (nSPS) is 31.3. The van der Waals surface area contributed by atoms with Crippen LogP contribution in [0.5, 0.6) is 11.5 Å². The molecule has 0 heterocycles. The van der Waals surface area contributed by atoms with Crippen LogP contribution in [0.4, 0.5) is 0 Å². The van der Waals surface area contributed by atoms with E-state index in [9.17, 15) is 4.79 Å². The van der Waals surface area contributed by atoms with Gasteiger partial charge in [0.1, 0.15) is 0 Å². The molecule has 1 amide bonds. The van der Waals surface area contributed by atoms with E-state index in [1.54, 1.807) is 13.3 Å². The number of amides is 1. The zero-order valence-electron chi connectivity index (χ0n) is 16.4. The van der Waals surface area contributed by atoms with E-state index in [0.717, 1.165) is 23.3 Å². The topological polar surface area (TPSA) is 59.9 Å². The highest BCUT2D eigenvalue weighted by Gasteiger charge is 2.51. The Bertz CT molecular complexity index is 693. The Kier molecular flexibility index (Phi) is 5.11. The number of methoxy groups -OCH3 is 1. The van der Waals surface area contributed by atoms with Crippen LogP contribution in [0.3, 0.4) is 0 Å². The van der Waals surface area contributed by atoms with Crippen molar-refractivity contribution in [3.8, 4) is 11.5 Å². The van der Waals surface area contributed by atoms with E-state index in [1.165, 1.54) is 38.5 Å². The standard InChI is InChI=1S/C22H30N2O3/c1-3-27-19-5-4-15(9-20(19)26-2)14-23-24-21(25)13-22-10-16-6-17(11-22)8-18(7-16)12-22/h4-5,9,14,16-18H,3,6-8,10-13H2,1-2H3,(H,24,25)/b23-14-. The second-order valence-electron chi connectivity index (χ2n) is 8.73. The molecule has 0 radical (unpaired) electrons. The fourth-order valence-electron chi connectivity index (χ4n) is 6.10. The first-order chi connectivity index (χ1) is 13.1. The Labute approximate surface area is 161 Å². The third-order valence-corrected chi connectivity index (χ3v) is 6.59. The molecule has 1 aromatic carbocycles. The van der Waals surface area contributed by atoms with E-state index in [2.05, 4.69) is 10.5 Å². The van der Waals surface area contributed by atoms with Crippen LogP contribution in [-0.4, -0.2) is 25.8 Å². The number of nitrogens with one attached hydrogen (secondary N) is 1. The van der Waals surface area contributed by atoms with Crippen LogP contribution in [0.15, 0.2) is 23.3 Å². The number of nitrogens with zero attached hydrogens (tertiary/aromatic N) is 1. The molecule has 0 aliphatic heterocycles. The summed E-state index contributed by atoms with van der Waals surface area (Å²) >= 11 is 0. The van der Waals surface area contributed by atoms with Gasteiger partial charge < -0.3 is 9.47 Å². The van der Waals surface area contributed by atoms with Crippen LogP contribution >= 0.6 is 0 Å². The monoisotopic (exact) mass is 370 g/mol. The van der Waals surface area contributed by atoms with Gasteiger partial charge >= 0.3 is 0 Å². The predicted octanol–water partition coefficient (Wildman–Crippen LogP) is 4.15. The largest absolute Gasteiger partial charge is 0.493 e. The molecule has 0 saturated heterocycles. The Balaban J connectivity index is 1.34. The maximum absolute atomic E-state index is 12.5. The molecule has 4 aliphatic carbocycles. The molecular formula is C22H30N2O3. The van der Waals surface area contributed by atoms with Crippen molar-refractivity contribution in [1.29, 1.82) is 0 Å². The molecular weight excluding hydrogens is 340 g/mol. The maximum atomic E-state index is 12.5. The quantitative estimate of drug-likeness (QED) is 0.579. The van der Waals surface area contributed by atoms with E-state index < -0.39 is 0 Å². The third-order valence-electron chi connectivity index (χ3n) is 6.59. The van der Waals surface area contributed by atoms with Crippen molar-refractivity contribution in [2.24, 2.45) is 28.3 Å². The molecule has 0 atom stereocenters. The number of rotatable bonds is 7. The molecule has 4 fully saturated rings. The van der Waals surface area contributed by atoms with Gasteiger partial charge in [0.2, 0.25) is 5.91 Å². The Morgan fingerprint density at radius 2 is 1.85 bits per heavy atom. The SMILES string of the molecule is CCOc1ccc(/C=N\NC(=O)CC23CC4CC(CC(C4)C2)C3)cc1OC. The average Bonchev–Trinajstić information content (AvgIpc) is 2.61. The van der Waals surface area contributed by atoms with Crippen LogP contribution in [0.25, 0.3) is 0 Å². The van der Waals surface area contributed by atoms with Crippen molar-refractivity contribution >= 4 is 12.1 Å². The second-order valence-corrected chi connectivity index (χ2v) is 8.73. The molecule has 1 N–H and O–H groups in total. The van der Waals surface area contributed by atoms with Crippen LogP contribution in [0, 0.1) is 23.2 Å². The molecule has 4 saturated carbocycles. The predicted molar refractivity (Wildman–Crippen MR) is 105 cm³/mol. The zero-order chi connectivity index (χ0) is 18.9. The summed E-state index contributed by atoms with van der Waals surface area (Å²) in [7, 11) is 1.62. The highest BCUT2D eigenvalue weighted by Crippen LogP contribution is 2.61. The highest BCUT2D eigenvalue weighted by molar-refractivity contribution is 5.83. The molecule has 0 spiro atoms. The number of hydrogen-bond donors (Lipinski definition) is 1. The second kappa shape index (κ2) is 7.53. The third kappa shape index (κ3) is 3.97. The van der Waals surface area contributed by atoms with Crippen LogP contribution in [0.1, 0.15) is 57.4 Å². The lowest BCUT2D eigenvalue weighted by atomic mass is 9.49. The molecule has 5 nitrogen and oxygen atoms in total. The van der Waals surface area contributed by atoms with Gasteiger partial charge in [0.05, 0.1) is 19.9 Å². The van der Waals surface area contributed by atoms with E-state index in [4.69, 9.17) is 9.47 Å². The molecule has 0 aromatic heterocycles. The summed E-state index contributed by atoms with van der Waals surface area (Å²) in [4.78, 5) is 12.5. The number of hydrazone groups is 1. The van der Waals surface area contributed by atoms with E-state index in [-0.39, 0.29) is 11.3 Å². The van der Waals surface area contributed by atoms with Gasteiger partial charge in [-0.1, -0.05) is 0 Å². The Hall–Kier alpha value is -2.04. The molecule has 5 heteroatoms. The van der Waals surface area contributed by atoms with Crippen molar-refractivity contribution in [2.75, 3.05) is 13.7 Å². The average molecular weight is 370 g/mol. The van der Waals surface area contributed by atoms with Crippen LogP contribution < -0.4 is 14.9 Å². The summed E-state index contributed by atoms with van der Waals surface area (Å²) in [6.45, 7) is 2.53. The van der Waals surface area contributed by atoms with Crippen molar-refractivity contribution in [1.82, 2.24) is 5.43 Å². The van der Waals surface area contributed by atoms with Gasteiger partial charge in [-0.2, -0.15) is 5.10 Å². The van der Waals surface area contributed by atoms with Crippen LogP contribution in [0.2, 0.25) is 0 Å². The van der Waals surface area contributed by atoms with Gasteiger partial charge in [0.15, 0.2) is 11.5 Å². The smallest absolute Gasteiger partial charge is 0.240 e. The van der Waals surface area contributed by atoms with Gasteiger partial charge in [-0.05, 0) is 92.4 Å². The molecule has 0 unspecified atom stereocenters.